The van der Waals surface area contributed by atoms with Crippen molar-refractivity contribution in [2.45, 2.75) is 18.0 Å². The fourth-order valence-electron chi connectivity index (χ4n) is 2.90. The average molecular weight is 425 g/mol. The Hall–Kier alpha value is -2.68. The maximum absolute atomic E-state index is 15.4. The summed E-state index contributed by atoms with van der Waals surface area (Å²) in [5.74, 6) is -3.88. The predicted octanol–water partition coefficient (Wildman–Crippen LogP) is 4.53. The lowest BCUT2D eigenvalue weighted by Crippen LogP contribution is -2.08. The number of fused-ring (bicyclic) bond motifs is 1. The van der Waals surface area contributed by atoms with Gasteiger partial charge in [0.25, 0.3) is 0 Å². The van der Waals surface area contributed by atoms with E-state index in [-0.39, 0.29) is 11.5 Å². The van der Waals surface area contributed by atoms with Crippen molar-refractivity contribution in [1.29, 1.82) is 0 Å². The number of anilines is 1. The number of thioether (sulfide) groups is 1. The van der Waals surface area contributed by atoms with E-state index in [1.807, 2.05) is 0 Å². The second kappa shape index (κ2) is 7.98. The molecule has 2 aromatic heterocycles. The van der Waals surface area contributed by atoms with E-state index >= 15 is 8.78 Å². The smallest absolute Gasteiger partial charge is 0.187 e. The number of benzene rings is 1. The van der Waals surface area contributed by atoms with Gasteiger partial charge in [-0.3, -0.25) is 0 Å². The molecule has 6 nitrogen and oxygen atoms in total. The van der Waals surface area contributed by atoms with Gasteiger partial charge in [0.1, 0.15) is 5.52 Å². The number of aromatic nitrogens is 3. The number of hydrogen-bond acceptors (Lipinski definition) is 7. The highest BCUT2D eigenvalue weighted by atomic mass is 32.2. The van der Waals surface area contributed by atoms with Gasteiger partial charge in [-0.15, -0.1) is 0 Å². The molecular weight excluding hydrogens is 398 g/mol. The van der Waals surface area contributed by atoms with Gasteiger partial charge in [0.2, 0.25) is 0 Å². The highest BCUT2D eigenvalue weighted by Gasteiger charge is 2.25. The zero-order chi connectivity index (χ0) is 25.5. The molecule has 152 valence electrons. The third-order valence-corrected chi connectivity index (χ3v) is 5.15. The minimum absolute atomic E-state index is 0.251. The fourth-order valence-corrected chi connectivity index (χ4v) is 3.24. The zero-order valence-corrected chi connectivity index (χ0v) is 16.1. The number of ether oxygens (including phenoxy) is 2. The molecule has 0 bridgehead atoms. The average Bonchev–Trinajstić information content (AvgIpc) is 3.58. The molecule has 2 heterocycles. The summed E-state index contributed by atoms with van der Waals surface area (Å²) < 4.78 is 83.9. The van der Waals surface area contributed by atoms with Gasteiger partial charge < -0.3 is 14.8 Å². The van der Waals surface area contributed by atoms with Crippen LogP contribution >= 0.6 is 11.8 Å². The summed E-state index contributed by atoms with van der Waals surface area (Å²) in [4.78, 5) is 13.0. The number of rotatable bonds is 7. The molecule has 4 rings (SSSR count). The molecule has 0 spiro atoms. The van der Waals surface area contributed by atoms with E-state index in [9.17, 15) is 0 Å². The number of nitrogens with zero attached hydrogens (tertiary/aromatic N) is 3. The van der Waals surface area contributed by atoms with Crippen molar-refractivity contribution in [3.8, 4) is 22.8 Å². The topological polar surface area (TPSA) is 69.2 Å². The van der Waals surface area contributed by atoms with Gasteiger partial charge in [-0.1, -0.05) is 11.8 Å². The maximum Gasteiger partial charge on any atom is 0.187 e. The quantitative estimate of drug-likeness (QED) is 0.441. The molecular formula is C20H20F2N4O2S. The molecule has 1 saturated carbocycles. The van der Waals surface area contributed by atoms with E-state index < -0.39 is 42.8 Å². The third kappa shape index (κ3) is 3.78. The van der Waals surface area contributed by atoms with Crippen LogP contribution in [0.5, 0.6) is 11.5 Å². The van der Waals surface area contributed by atoms with Crippen molar-refractivity contribution in [2.75, 3.05) is 32.2 Å². The number of pyridine rings is 1. The predicted molar refractivity (Wildman–Crippen MR) is 109 cm³/mol. The Bertz CT molecular complexity index is 1230. The van der Waals surface area contributed by atoms with Gasteiger partial charge in [-0.05, 0) is 31.1 Å². The van der Waals surface area contributed by atoms with Crippen LogP contribution in [0.2, 0.25) is 0 Å². The van der Waals surface area contributed by atoms with Gasteiger partial charge in [-0.25, -0.2) is 23.7 Å². The van der Waals surface area contributed by atoms with Gasteiger partial charge in [-0.2, -0.15) is 0 Å². The lowest BCUT2D eigenvalue weighted by molar-refractivity contribution is 0.359. The second-order valence-electron chi connectivity index (χ2n) is 6.55. The van der Waals surface area contributed by atoms with E-state index in [0.717, 1.165) is 12.8 Å². The molecule has 0 radical (unpaired) electrons. The van der Waals surface area contributed by atoms with Crippen molar-refractivity contribution in [3.63, 3.8) is 0 Å². The van der Waals surface area contributed by atoms with E-state index in [4.69, 9.17) is 8.22 Å². The minimum atomic E-state index is -3.09. The largest absolute Gasteiger partial charge is 0.494 e. The first-order valence-electron chi connectivity index (χ1n) is 11.7. The monoisotopic (exact) mass is 424 g/mol. The molecule has 1 aromatic carbocycles. The van der Waals surface area contributed by atoms with Crippen LogP contribution in [0.4, 0.5) is 14.6 Å². The number of methoxy groups -OCH3 is 2. The van der Waals surface area contributed by atoms with Crippen LogP contribution in [-0.2, 0) is 0 Å². The van der Waals surface area contributed by atoms with Crippen LogP contribution in [0, 0.1) is 17.6 Å². The summed E-state index contributed by atoms with van der Waals surface area (Å²) in [5.41, 5.74) is -0.627. The normalized spacial score (nSPS) is 17.5. The van der Waals surface area contributed by atoms with Crippen molar-refractivity contribution in [2.24, 2.45) is 5.92 Å². The summed E-state index contributed by atoms with van der Waals surface area (Å²) >= 11 is 1.31. The molecule has 0 aliphatic heterocycles. The Balaban J connectivity index is 1.92. The molecule has 0 amide bonds. The summed E-state index contributed by atoms with van der Waals surface area (Å²) in [7, 11) is -6.19. The van der Waals surface area contributed by atoms with Gasteiger partial charge in [0.15, 0.2) is 34.1 Å². The van der Waals surface area contributed by atoms with Gasteiger partial charge >= 0.3 is 0 Å². The summed E-state index contributed by atoms with van der Waals surface area (Å²) in [6, 6.07) is 1.87. The van der Waals surface area contributed by atoms with Crippen molar-refractivity contribution >= 4 is 28.5 Å². The standard InChI is InChI=1S/C20H20F2N4O2S/c1-27-13-7-14(28-2)17(22)15(16(13)21)12-6-11-9-24-20(29-3)26-18(11)19(25-12)23-8-10-4-5-10/h6-7,9-10H,4-5,8H2,1-3H3,(H,23,25)/i1D3,2D3. The Labute approximate surface area is 179 Å². The van der Waals surface area contributed by atoms with Crippen molar-refractivity contribution in [1.82, 2.24) is 15.0 Å². The summed E-state index contributed by atoms with van der Waals surface area (Å²) in [5, 5.41) is 4.04. The Kier molecular flexibility index (Phi) is 3.72. The fraction of sp³-hybridized carbons (Fsp3) is 0.350. The highest BCUT2D eigenvalue weighted by Crippen LogP contribution is 2.39. The van der Waals surface area contributed by atoms with Gasteiger partial charge in [0, 0.05) is 24.2 Å². The SMILES string of the molecule is [2H]C([2H])([2H])Oc1cc(OC([2H])([2H])[2H])c(F)c(-c2cc3cnc(SC)nc3c(NCC3CC3)n2)c1F. The van der Waals surface area contributed by atoms with Crippen molar-refractivity contribution in [3.05, 3.63) is 30.0 Å². The van der Waals surface area contributed by atoms with Crippen LogP contribution in [0.1, 0.15) is 21.1 Å². The highest BCUT2D eigenvalue weighted by molar-refractivity contribution is 7.98. The Morgan fingerprint density at radius 3 is 2.52 bits per heavy atom. The molecule has 1 aliphatic carbocycles. The number of halogens is 2. The lowest BCUT2D eigenvalue weighted by Gasteiger charge is -2.15. The molecule has 1 fully saturated rings. The zero-order valence-electron chi connectivity index (χ0n) is 21.3. The van der Waals surface area contributed by atoms with E-state index in [0.29, 0.717) is 34.6 Å². The van der Waals surface area contributed by atoms with Crippen LogP contribution in [0.25, 0.3) is 22.2 Å². The van der Waals surface area contributed by atoms with E-state index in [1.165, 1.54) is 24.0 Å². The van der Waals surface area contributed by atoms with Crippen LogP contribution < -0.4 is 14.8 Å². The first-order valence-corrected chi connectivity index (χ1v) is 9.93. The first kappa shape index (κ1) is 13.5. The van der Waals surface area contributed by atoms with E-state index in [2.05, 4.69) is 29.7 Å². The third-order valence-electron chi connectivity index (χ3n) is 4.59. The molecule has 0 unspecified atom stereocenters. The Morgan fingerprint density at radius 2 is 1.90 bits per heavy atom. The summed E-state index contributed by atoms with van der Waals surface area (Å²) in [6.07, 6.45) is 5.36. The first-order chi connectivity index (χ1) is 16.3. The maximum atomic E-state index is 15.4. The molecule has 0 atom stereocenters. The molecule has 9 heteroatoms. The van der Waals surface area contributed by atoms with Crippen LogP contribution in [0.3, 0.4) is 0 Å². The number of nitrogens with one attached hydrogen (secondary N) is 1. The number of hydrogen-bond donors (Lipinski definition) is 1. The summed E-state index contributed by atoms with van der Waals surface area (Å²) in [6.45, 7) is 0.574. The molecule has 3 aromatic rings. The minimum Gasteiger partial charge on any atom is -0.494 e. The van der Waals surface area contributed by atoms with Crippen molar-refractivity contribution < 1.29 is 26.5 Å². The Morgan fingerprint density at radius 1 is 1.17 bits per heavy atom. The van der Waals surface area contributed by atoms with Crippen LogP contribution in [-0.4, -0.2) is 41.8 Å². The molecule has 29 heavy (non-hydrogen) atoms. The van der Waals surface area contributed by atoms with E-state index in [1.54, 1.807) is 6.26 Å². The lowest BCUT2D eigenvalue weighted by atomic mass is 10.1. The second-order valence-corrected chi connectivity index (χ2v) is 7.33. The molecule has 0 saturated heterocycles. The van der Waals surface area contributed by atoms with Gasteiger partial charge in [0.05, 0.1) is 33.6 Å². The molecule has 1 aliphatic rings. The molecule has 1 N–H and O–H groups in total. The van der Waals surface area contributed by atoms with Crippen LogP contribution in [0.15, 0.2) is 23.5 Å².